The Morgan fingerprint density at radius 1 is 1.43 bits per heavy atom. The van der Waals surface area contributed by atoms with E-state index >= 15 is 0 Å². The number of hydrogen-bond donors (Lipinski definition) is 2. The topological polar surface area (TPSA) is 89.1 Å². The summed E-state index contributed by atoms with van der Waals surface area (Å²) in [6, 6.07) is 7.01. The SMILES string of the molecule is Cc1nc(N)nc2c1C(=O)CC(c1c(Br)c#ccc1O)C2. The number of halogens is 1. The molecule has 0 spiro atoms. The third kappa shape index (κ3) is 2.34. The lowest BCUT2D eigenvalue weighted by atomic mass is 9.81. The highest BCUT2D eigenvalue weighted by molar-refractivity contribution is 9.10. The summed E-state index contributed by atoms with van der Waals surface area (Å²) in [6.07, 6.45) is 0.823. The average Bonchev–Trinajstić information content (AvgIpc) is 2.36. The van der Waals surface area contributed by atoms with Crippen LogP contribution >= 0.6 is 15.9 Å². The van der Waals surface area contributed by atoms with Gasteiger partial charge in [0, 0.05) is 24.0 Å². The van der Waals surface area contributed by atoms with Crippen LogP contribution in [0, 0.1) is 19.1 Å². The average molecular weight is 346 g/mol. The Kier molecular flexibility index (Phi) is 3.30. The van der Waals surface area contributed by atoms with E-state index in [1.165, 1.54) is 6.07 Å². The molecule has 5 nitrogen and oxygen atoms in total. The van der Waals surface area contributed by atoms with Crippen LogP contribution in [-0.2, 0) is 6.42 Å². The van der Waals surface area contributed by atoms with E-state index < -0.39 is 0 Å². The number of rotatable bonds is 1. The zero-order valence-corrected chi connectivity index (χ0v) is 12.9. The third-order valence-corrected chi connectivity index (χ3v) is 4.27. The molecular weight excluding hydrogens is 334 g/mol. The van der Waals surface area contributed by atoms with Gasteiger partial charge in [-0.05, 0) is 29.3 Å². The molecule has 21 heavy (non-hydrogen) atoms. The lowest BCUT2D eigenvalue weighted by Gasteiger charge is -2.24. The van der Waals surface area contributed by atoms with Crippen LogP contribution in [0.2, 0.25) is 0 Å². The first kappa shape index (κ1) is 13.8. The predicted octanol–water partition coefficient (Wildman–Crippen LogP) is 2.35. The molecule has 3 N–H and O–H groups in total. The number of fused-ring (bicyclic) bond motifs is 1. The number of aromatic nitrogens is 2. The van der Waals surface area contributed by atoms with Crippen LogP contribution in [0.15, 0.2) is 10.5 Å². The maximum atomic E-state index is 12.4. The van der Waals surface area contributed by atoms with Gasteiger partial charge >= 0.3 is 0 Å². The molecule has 1 heterocycles. The minimum atomic E-state index is -0.168. The summed E-state index contributed by atoms with van der Waals surface area (Å²) in [5.74, 6) is 0.0633. The fourth-order valence-corrected chi connectivity index (χ4v) is 3.46. The first-order valence-electron chi connectivity index (χ1n) is 6.44. The normalized spacial score (nSPS) is 17.2. The molecule has 0 saturated carbocycles. The Hall–Kier alpha value is -2.13. The van der Waals surface area contributed by atoms with Crippen LogP contribution in [0.5, 0.6) is 5.75 Å². The van der Waals surface area contributed by atoms with Crippen LogP contribution < -0.4 is 5.73 Å². The van der Waals surface area contributed by atoms with Crippen molar-refractivity contribution in [2.24, 2.45) is 0 Å². The molecular formula is C15H12BrN3O2. The van der Waals surface area contributed by atoms with Crippen LogP contribution in [0.3, 0.4) is 0 Å². The van der Waals surface area contributed by atoms with Crippen molar-refractivity contribution in [3.8, 4) is 5.75 Å². The van der Waals surface area contributed by atoms with E-state index in [4.69, 9.17) is 5.73 Å². The first-order chi connectivity index (χ1) is 9.97. The number of aryl methyl sites for hydroxylation is 1. The molecule has 1 aromatic heterocycles. The Bertz CT molecular complexity index is 726. The molecule has 2 aromatic rings. The molecule has 1 atom stereocenters. The number of hydrogen-bond acceptors (Lipinski definition) is 5. The molecule has 106 valence electrons. The highest BCUT2D eigenvalue weighted by Gasteiger charge is 2.31. The molecule has 0 fully saturated rings. The van der Waals surface area contributed by atoms with Crippen molar-refractivity contribution in [2.75, 3.05) is 5.73 Å². The van der Waals surface area contributed by atoms with Gasteiger partial charge in [0.1, 0.15) is 5.75 Å². The largest absolute Gasteiger partial charge is 0.507 e. The maximum absolute atomic E-state index is 12.4. The van der Waals surface area contributed by atoms with Gasteiger partial charge in [-0.25, -0.2) is 9.97 Å². The second-order valence-corrected chi connectivity index (χ2v) is 5.84. The summed E-state index contributed by atoms with van der Waals surface area (Å²) in [5.41, 5.74) is 8.13. The van der Waals surface area contributed by atoms with Crippen molar-refractivity contribution < 1.29 is 9.90 Å². The second kappa shape index (κ2) is 5.01. The minimum Gasteiger partial charge on any atom is -0.507 e. The highest BCUT2D eigenvalue weighted by Crippen LogP contribution is 2.39. The van der Waals surface area contributed by atoms with Crippen LogP contribution in [0.25, 0.3) is 0 Å². The second-order valence-electron chi connectivity index (χ2n) is 5.04. The van der Waals surface area contributed by atoms with Crippen LogP contribution in [0.4, 0.5) is 5.95 Å². The van der Waals surface area contributed by atoms with Gasteiger partial charge in [0.15, 0.2) is 5.78 Å². The monoisotopic (exact) mass is 345 g/mol. The zero-order chi connectivity index (χ0) is 15.1. The van der Waals surface area contributed by atoms with E-state index in [2.05, 4.69) is 38.0 Å². The number of anilines is 1. The Morgan fingerprint density at radius 3 is 2.90 bits per heavy atom. The first-order valence-corrected chi connectivity index (χ1v) is 7.23. The number of nitrogens with zero attached hydrogens (tertiary/aromatic N) is 2. The van der Waals surface area contributed by atoms with Gasteiger partial charge in [-0.3, -0.25) is 4.79 Å². The minimum absolute atomic E-state index is 0.0297. The Morgan fingerprint density at radius 2 is 2.19 bits per heavy atom. The predicted molar refractivity (Wildman–Crippen MR) is 80.1 cm³/mol. The van der Waals surface area contributed by atoms with Gasteiger partial charge in [-0.15, -0.1) is 0 Å². The van der Waals surface area contributed by atoms with Crippen molar-refractivity contribution in [1.82, 2.24) is 9.97 Å². The number of nitrogens with two attached hydrogens (primary N) is 1. The molecule has 0 radical (unpaired) electrons. The summed E-state index contributed by atoms with van der Waals surface area (Å²) in [5, 5.41) is 10.0. The summed E-state index contributed by atoms with van der Waals surface area (Å²) in [4.78, 5) is 20.6. The Balaban J connectivity index is 2.08. The summed E-state index contributed by atoms with van der Waals surface area (Å²) >= 11 is 3.36. The summed E-state index contributed by atoms with van der Waals surface area (Å²) < 4.78 is 0.613. The van der Waals surface area contributed by atoms with E-state index in [1.54, 1.807) is 6.92 Å². The Labute approximate surface area is 130 Å². The van der Waals surface area contributed by atoms with Crippen LogP contribution in [-0.4, -0.2) is 20.9 Å². The quantitative estimate of drug-likeness (QED) is 0.827. The molecule has 0 aliphatic heterocycles. The van der Waals surface area contributed by atoms with Crippen molar-refractivity contribution in [3.63, 3.8) is 0 Å². The fourth-order valence-electron chi connectivity index (χ4n) is 2.82. The molecule has 0 saturated heterocycles. The molecule has 6 heteroatoms. The summed E-state index contributed by atoms with van der Waals surface area (Å²) in [6.45, 7) is 1.76. The highest BCUT2D eigenvalue weighted by atomic mass is 79.9. The number of ketones is 1. The molecule has 1 aromatic carbocycles. The van der Waals surface area contributed by atoms with Gasteiger partial charge in [0.05, 0.1) is 21.4 Å². The number of Topliss-reactive ketones (excluding diaryl/α,β-unsaturated/α-hetero) is 1. The van der Waals surface area contributed by atoms with Crippen molar-refractivity contribution in [2.45, 2.75) is 25.7 Å². The van der Waals surface area contributed by atoms with Gasteiger partial charge in [-0.1, -0.05) is 12.1 Å². The van der Waals surface area contributed by atoms with Gasteiger partial charge < -0.3 is 10.8 Å². The zero-order valence-electron chi connectivity index (χ0n) is 11.3. The summed E-state index contributed by atoms with van der Waals surface area (Å²) in [7, 11) is 0. The van der Waals surface area contributed by atoms with Gasteiger partial charge in [-0.2, -0.15) is 0 Å². The van der Waals surface area contributed by atoms with Crippen molar-refractivity contribution in [3.05, 3.63) is 45.2 Å². The van der Waals surface area contributed by atoms with Gasteiger partial charge in [0.25, 0.3) is 0 Å². The van der Waals surface area contributed by atoms with Crippen LogP contribution in [0.1, 0.15) is 39.6 Å². The maximum Gasteiger partial charge on any atom is 0.220 e. The lowest BCUT2D eigenvalue weighted by molar-refractivity contribution is 0.0961. The van der Waals surface area contributed by atoms with E-state index in [0.29, 0.717) is 39.8 Å². The van der Waals surface area contributed by atoms with E-state index in [0.717, 1.165) is 0 Å². The third-order valence-electron chi connectivity index (χ3n) is 3.64. The van der Waals surface area contributed by atoms with Crippen molar-refractivity contribution in [1.29, 1.82) is 0 Å². The van der Waals surface area contributed by atoms with E-state index in [9.17, 15) is 9.90 Å². The number of carbonyl (C=O) groups is 1. The lowest BCUT2D eigenvalue weighted by Crippen LogP contribution is -2.23. The molecule has 1 aliphatic carbocycles. The van der Waals surface area contributed by atoms with E-state index in [-0.39, 0.29) is 23.4 Å². The molecule has 1 unspecified atom stereocenters. The number of aromatic hydroxyl groups is 1. The van der Waals surface area contributed by atoms with Gasteiger partial charge in [0.2, 0.25) is 5.95 Å². The molecule has 3 rings (SSSR count). The number of carbonyl (C=O) groups excluding carboxylic acids is 1. The molecule has 1 aliphatic rings. The van der Waals surface area contributed by atoms with E-state index in [1.807, 2.05) is 0 Å². The molecule has 0 bridgehead atoms. The van der Waals surface area contributed by atoms with Crippen molar-refractivity contribution >= 4 is 27.7 Å². The fraction of sp³-hybridized carbons (Fsp3) is 0.267. The number of nitrogen functional groups attached to an aromatic ring is 1. The standard InChI is InChI=1S/C15H12BrN3O2/c1-7-13-10(19-15(17)18-7)5-8(6-12(13)21)14-9(16)3-2-4-11(14)20/h4,8,20H,5-6H2,1H3,(H2,17,18,19). The molecule has 0 amide bonds. The smallest absolute Gasteiger partial charge is 0.220 e.